The average molecular weight is 234 g/mol. The van der Waals surface area contributed by atoms with Crippen LogP contribution in [-0.2, 0) is 4.74 Å². The number of nitrogens with one attached hydrogen (secondary N) is 1. The maximum Gasteiger partial charge on any atom is 0.243 e. The highest BCUT2D eigenvalue weighted by atomic mass is 16.5. The van der Waals surface area contributed by atoms with Gasteiger partial charge in [-0.15, -0.1) is 5.10 Å². The van der Waals surface area contributed by atoms with Gasteiger partial charge in [0.25, 0.3) is 0 Å². The second-order valence-electron chi connectivity index (χ2n) is 3.87. The molecule has 0 saturated heterocycles. The molecule has 0 unspecified atom stereocenters. The van der Waals surface area contributed by atoms with E-state index < -0.39 is 0 Å². The van der Waals surface area contributed by atoms with Gasteiger partial charge in [0, 0.05) is 26.0 Å². The summed E-state index contributed by atoms with van der Waals surface area (Å²) in [6.45, 7) is 6.40. The minimum absolute atomic E-state index is 0.677. The van der Waals surface area contributed by atoms with Gasteiger partial charge in [-0.05, 0) is 31.9 Å². The Morgan fingerprint density at radius 3 is 3.12 bits per heavy atom. The number of pyridine rings is 1. The van der Waals surface area contributed by atoms with Crippen molar-refractivity contribution in [3.8, 4) is 0 Å². The van der Waals surface area contributed by atoms with Gasteiger partial charge in [0.2, 0.25) is 5.95 Å². The predicted molar refractivity (Wildman–Crippen MR) is 67.3 cm³/mol. The van der Waals surface area contributed by atoms with Gasteiger partial charge in [-0.25, -0.2) is 4.52 Å². The van der Waals surface area contributed by atoms with Crippen LogP contribution >= 0.6 is 0 Å². The van der Waals surface area contributed by atoms with Crippen LogP contribution in [0.15, 0.2) is 18.3 Å². The van der Waals surface area contributed by atoms with Crippen molar-refractivity contribution in [1.29, 1.82) is 0 Å². The molecule has 2 aromatic heterocycles. The maximum absolute atomic E-state index is 5.26. The monoisotopic (exact) mass is 234 g/mol. The van der Waals surface area contributed by atoms with E-state index in [1.54, 1.807) is 4.52 Å². The van der Waals surface area contributed by atoms with Crippen LogP contribution in [0.3, 0.4) is 0 Å². The van der Waals surface area contributed by atoms with Gasteiger partial charge in [0.15, 0.2) is 5.65 Å². The van der Waals surface area contributed by atoms with Crippen LogP contribution in [0.4, 0.5) is 5.95 Å². The highest BCUT2D eigenvalue weighted by molar-refractivity contribution is 5.49. The van der Waals surface area contributed by atoms with Crippen LogP contribution in [0.2, 0.25) is 0 Å². The van der Waals surface area contributed by atoms with E-state index in [0.29, 0.717) is 5.95 Å². The number of aryl methyl sites for hydroxylation is 1. The molecular weight excluding hydrogens is 216 g/mol. The molecule has 0 bridgehead atoms. The fourth-order valence-electron chi connectivity index (χ4n) is 1.63. The number of nitrogens with zero attached hydrogens (tertiary/aromatic N) is 3. The Labute approximate surface area is 101 Å². The summed E-state index contributed by atoms with van der Waals surface area (Å²) in [6.07, 6.45) is 2.86. The summed E-state index contributed by atoms with van der Waals surface area (Å²) >= 11 is 0. The molecule has 0 amide bonds. The third-order valence-electron chi connectivity index (χ3n) is 2.51. The van der Waals surface area contributed by atoms with Gasteiger partial charge >= 0.3 is 0 Å². The summed E-state index contributed by atoms with van der Waals surface area (Å²) in [5, 5.41) is 7.54. The first-order valence-corrected chi connectivity index (χ1v) is 5.95. The van der Waals surface area contributed by atoms with Gasteiger partial charge in [0.05, 0.1) is 0 Å². The molecule has 0 fully saturated rings. The maximum atomic E-state index is 5.26. The Hall–Kier alpha value is -1.62. The van der Waals surface area contributed by atoms with Crippen molar-refractivity contribution in [2.45, 2.75) is 20.3 Å². The molecule has 2 heterocycles. The molecule has 2 aromatic rings. The summed E-state index contributed by atoms with van der Waals surface area (Å²) in [5.41, 5.74) is 2.03. The van der Waals surface area contributed by atoms with Crippen molar-refractivity contribution >= 4 is 11.6 Å². The van der Waals surface area contributed by atoms with E-state index in [1.807, 2.05) is 32.2 Å². The van der Waals surface area contributed by atoms with Gasteiger partial charge in [-0.1, -0.05) is 6.07 Å². The molecule has 0 aliphatic carbocycles. The molecular formula is C12H18N4O. The zero-order valence-corrected chi connectivity index (χ0v) is 10.3. The predicted octanol–water partition coefficient (Wildman–Crippen LogP) is 1.88. The lowest BCUT2D eigenvalue weighted by Crippen LogP contribution is -2.06. The number of hydrogen-bond acceptors (Lipinski definition) is 4. The van der Waals surface area contributed by atoms with Crippen molar-refractivity contribution in [3.05, 3.63) is 23.9 Å². The SMILES string of the molecule is CCOCCCNc1nc2c(C)cccn2n1. The molecule has 2 rings (SSSR count). The van der Waals surface area contributed by atoms with Crippen molar-refractivity contribution in [2.75, 3.05) is 25.1 Å². The van der Waals surface area contributed by atoms with Gasteiger partial charge in [-0.3, -0.25) is 0 Å². The first-order valence-electron chi connectivity index (χ1n) is 5.95. The Morgan fingerprint density at radius 2 is 2.35 bits per heavy atom. The second kappa shape index (κ2) is 5.63. The number of hydrogen-bond donors (Lipinski definition) is 1. The van der Waals surface area contributed by atoms with Crippen LogP contribution in [0.5, 0.6) is 0 Å². The van der Waals surface area contributed by atoms with Gasteiger partial charge in [-0.2, -0.15) is 4.98 Å². The van der Waals surface area contributed by atoms with E-state index in [0.717, 1.165) is 37.4 Å². The minimum atomic E-state index is 0.677. The third-order valence-corrected chi connectivity index (χ3v) is 2.51. The molecule has 0 atom stereocenters. The number of anilines is 1. The van der Waals surface area contributed by atoms with Crippen molar-refractivity contribution in [1.82, 2.24) is 14.6 Å². The van der Waals surface area contributed by atoms with E-state index in [2.05, 4.69) is 15.4 Å². The van der Waals surface area contributed by atoms with E-state index in [9.17, 15) is 0 Å². The fourth-order valence-corrected chi connectivity index (χ4v) is 1.63. The van der Waals surface area contributed by atoms with Gasteiger partial charge < -0.3 is 10.1 Å². The Kier molecular flexibility index (Phi) is 3.93. The van der Waals surface area contributed by atoms with Gasteiger partial charge in [0.1, 0.15) is 0 Å². The summed E-state index contributed by atoms with van der Waals surface area (Å²) in [6, 6.07) is 4.00. The zero-order chi connectivity index (χ0) is 12.1. The Bertz CT molecular complexity index is 480. The van der Waals surface area contributed by atoms with E-state index in [4.69, 9.17) is 4.74 Å². The molecule has 5 nitrogen and oxygen atoms in total. The molecule has 0 radical (unpaired) electrons. The van der Waals surface area contributed by atoms with E-state index in [1.165, 1.54) is 0 Å². The third kappa shape index (κ3) is 2.94. The molecule has 1 N–H and O–H groups in total. The summed E-state index contributed by atoms with van der Waals surface area (Å²) in [5.74, 6) is 0.677. The highest BCUT2D eigenvalue weighted by Gasteiger charge is 2.03. The summed E-state index contributed by atoms with van der Waals surface area (Å²) < 4.78 is 7.06. The second-order valence-corrected chi connectivity index (χ2v) is 3.87. The quantitative estimate of drug-likeness (QED) is 0.775. The molecule has 5 heteroatoms. The number of rotatable bonds is 6. The normalized spacial score (nSPS) is 10.9. The molecule has 92 valence electrons. The highest BCUT2D eigenvalue weighted by Crippen LogP contribution is 2.09. The topological polar surface area (TPSA) is 51.5 Å². The fraction of sp³-hybridized carbons (Fsp3) is 0.500. The standard InChI is InChI=1S/C12H18N4O/c1-3-17-9-5-7-13-12-14-11-10(2)6-4-8-16(11)15-12/h4,6,8H,3,5,7,9H2,1-2H3,(H,13,15). The molecule has 0 aliphatic heterocycles. The first kappa shape index (κ1) is 11.9. The smallest absolute Gasteiger partial charge is 0.243 e. The number of aromatic nitrogens is 3. The van der Waals surface area contributed by atoms with Crippen molar-refractivity contribution < 1.29 is 4.74 Å². The van der Waals surface area contributed by atoms with Crippen LogP contribution < -0.4 is 5.32 Å². The molecule has 17 heavy (non-hydrogen) atoms. The number of ether oxygens (including phenoxy) is 1. The minimum Gasteiger partial charge on any atom is -0.382 e. The molecule has 0 saturated carbocycles. The Balaban J connectivity index is 1.93. The first-order chi connectivity index (χ1) is 8.31. The number of fused-ring (bicyclic) bond motifs is 1. The van der Waals surface area contributed by atoms with Crippen molar-refractivity contribution in [3.63, 3.8) is 0 Å². The Morgan fingerprint density at radius 1 is 1.47 bits per heavy atom. The lowest BCUT2D eigenvalue weighted by Gasteiger charge is -2.01. The van der Waals surface area contributed by atoms with E-state index >= 15 is 0 Å². The zero-order valence-electron chi connectivity index (χ0n) is 10.3. The van der Waals surface area contributed by atoms with Crippen LogP contribution in [0, 0.1) is 6.92 Å². The molecule has 0 aromatic carbocycles. The van der Waals surface area contributed by atoms with Crippen LogP contribution in [0.25, 0.3) is 5.65 Å². The van der Waals surface area contributed by atoms with Crippen LogP contribution in [0.1, 0.15) is 18.9 Å². The lowest BCUT2D eigenvalue weighted by molar-refractivity contribution is 0.147. The largest absolute Gasteiger partial charge is 0.382 e. The lowest BCUT2D eigenvalue weighted by atomic mass is 10.3. The average Bonchev–Trinajstić information content (AvgIpc) is 2.73. The van der Waals surface area contributed by atoms with Crippen LogP contribution in [-0.4, -0.2) is 34.4 Å². The van der Waals surface area contributed by atoms with Crippen molar-refractivity contribution in [2.24, 2.45) is 0 Å². The van der Waals surface area contributed by atoms with E-state index in [-0.39, 0.29) is 0 Å². The molecule has 0 aliphatic rings. The summed E-state index contributed by atoms with van der Waals surface area (Å²) in [4.78, 5) is 4.43. The molecule has 0 spiro atoms. The summed E-state index contributed by atoms with van der Waals surface area (Å²) in [7, 11) is 0.